The molecule has 1 aromatic rings. The Bertz CT molecular complexity index is 729. The van der Waals surface area contributed by atoms with E-state index in [0.29, 0.717) is 26.2 Å². The lowest BCUT2D eigenvalue weighted by atomic mass is 9.90. The predicted octanol–water partition coefficient (Wildman–Crippen LogP) is 3.05. The molecule has 2 amide bonds. The second-order valence-corrected chi connectivity index (χ2v) is 8.76. The Morgan fingerprint density at radius 2 is 1.57 bits per heavy atom. The van der Waals surface area contributed by atoms with Crippen LogP contribution in [0.15, 0.2) is 18.2 Å². The van der Waals surface area contributed by atoms with Crippen LogP contribution < -0.4 is 0 Å². The van der Waals surface area contributed by atoms with Crippen LogP contribution in [0.4, 0.5) is 0 Å². The van der Waals surface area contributed by atoms with Crippen molar-refractivity contribution in [2.24, 2.45) is 5.92 Å². The summed E-state index contributed by atoms with van der Waals surface area (Å²) in [4.78, 5) is 29.8. The molecule has 5 heteroatoms. The van der Waals surface area contributed by atoms with E-state index in [1.165, 1.54) is 24.0 Å². The number of nitrogens with zero attached hydrogens (tertiary/aromatic N) is 2. The van der Waals surface area contributed by atoms with Gasteiger partial charge in [0.2, 0.25) is 5.91 Å². The van der Waals surface area contributed by atoms with Gasteiger partial charge in [-0.15, -0.1) is 0 Å². The molecule has 3 aliphatic rings. The van der Waals surface area contributed by atoms with E-state index in [1.807, 2.05) is 29.7 Å². The Morgan fingerprint density at radius 3 is 2.25 bits per heavy atom. The first kappa shape index (κ1) is 19.4. The summed E-state index contributed by atoms with van der Waals surface area (Å²) in [6, 6.07) is 6.23. The number of piperidine rings is 1. The monoisotopic (exact) mass is 384 g/mol. The van der Waals surface area contributed by atoms with Gasteiger partial charge in [-0.25, -0.2) is 0 Å². The second kappa shape index (κ2) is 8.24. The molecule has 0 N–H and O–H groups in total. The van der Waals surface area contributed by atoms with Gasteiger partial charge in [0, 0.05) is 37.7 Å². The fourth-order valence-electron chi connectivity index (χ4n) is 4.99. The summed E-state index contributed by atoms with van der Waals surface area (Å²) < 4.78 is 5.74. The number of morpholine rings is 1. The largest absolute Gasteiger partial charge is 0.372 e. The summed E-state index contributed by atoms with van der Waals surface area (Å²) in [6.45, 7) is 6.74. The molecule has 2 heterocycles. The Balaban J connectivity index is 1.35. The molecule has 28 heavy (non-hydrogen) atoms. The van der Waals surface area contributed by atoms with Crippen molar-refractivity contribution in [3.05, 3.63) is 34.9 Å². The highest BCUT2D eigenvalue weighted by atomic mass is 16.5. The minimum absolute atomic E-state index is 0.0325. The zero-order valence-corrected chi connectivity index (χ0v) is 17.2. The molecule has 5 nitrogen and oxygen atoms in total. The van der Waals surface area contributed by atoms with Crippen molar-refractivity contribution in [3.63, 3.8) is 0 Å². The molecule has 1 aromatic carbocycles. The summed E-state index contributed by atoms with van der Waals surface area (Å²) >= 11 is 0. The Labute approximate surface area is 168 Å². The van der Waals surface area contributed by atoms with Crippen LogP contribution in [0.2, 0.25) is 0 Å². The van der Waals surface area contributed by atoms with E-state index in [0.717, 1.165) is 31.2 Å². The highest BCUT2D eigenvalue weighted by molar-refractivity contribution is 5.94. The van der Waals surface area contributed by atoms with Crippen molar-refractivity contribution in [1.29, 1.82) is 0 Å². The van der Waals surface area contributed by atoms with Gasteiger partial charge in [0.25, 0.3) is 5.91 Å². The summed E-state index contributed by atoms with van der Waals surface area (Å²) in [5.74, 6) is 0.390. The number of ether oxygens (including phenoxy) is 1. The van der Waals surface area contributed by atoms with Crippen molar-refractivity contribution in [2.45, 2.75) is 64.6 Å². The second-order valence-electron chi connectivity index (χ2n) is 8.76. The molecular weight excluding hydrogens is 352 g/mol. The molecule has 0 spiro atoms. The van der Waals surface area contributed by atoms with Crippen LogP contribution in [0.5, 0.6) is 0 Å². The molecule has 2 aliphatic heterocycles. The highest BCUT2D eigenvalue weighted by Gasteiger charge is 2.33. The number of fused-ring (bicyclic) bond motifs is 1. The molecular formula is C23H32N2O3. The van der Waals surface area contributed by atoms with Gasteiger partial charge in [-0.1, -0.05) is 6.07 Å². The zero-order chi connectivity index (χ0) is 19.7. The molecule has 0 radical (unpaired) electrons. The fourth-order valence-corrected chi connectivity index (χ4v) is 4.99. The third-order valence-corrected chi connectivity index (χ3v) is 6.46. The van der Waals surface area contributed by atoms with Crippen LogP contribution >= 0.6 is 0 Å². The predicted molar refractivity (Wildman–Crippen MR) is 108 cm³/mol. The molecule has 2 atom stereocenters. The van der Waals surface area contributed by atoms with E-state index in [4.69, 9.17) is 4.74 Å². The number of hydrogen-bond acceptors (Lipinski definition) is 3. The number of carbonyl (C=O) groups excluding carboxylic acids is 2. The van der Waals surface area contributed by atoms with Gasteiger partial charge >= 0.3 is 0 Å². The topological polar surface area (TPSA) is 49.9 Å². The van der Waals surface area contributed by atoms with Gasteiger partial charge in [-0.2, -0.15) is 0 Å². The molecule has 2 fully saturated rings. The van der Waals surface area contributed by atoms with Gasteiger partial charge < -0.3 is 14.5 Å². The smallest absolute Gasteiger partial charge is 0.253 e. The molecule has 152 valence electrons. The first-order chi connectivity index (χ1) is 13.5. The molecule has 0 bridgehead atoms. The Hall–Kier alpha value is -1.88. The Kier molecular flexibility index (Phi) is 5.72. The highest BCUT2D eigenvalue weighted by Crippen LogP contribution is 2.26. The standard InChI is InChI=1S/C23H32N2O3/c1-16-14-25(15-17(2)28-16)22(26)19-9-11-24(12-10-19)23(27)21-8-7-18-5-3-4-6-20(18)13-21/h7-8,13,16-17,19H,3-6,9-12,14-15H2,1-2H3. The maximum absolute atomic E-state index is 13.0. The fraction of sp³-hybridized carbons (Fsp3) is 0.652. The lowest BCUT2D eigenvalue weighted by molar-refractivity contribution is -0.148. The molecule has 2 saturated heterocycles. The van der Waals surface area contributed by atoms with Crippen LogP contribution in [0.1, 0.15) is 61.0 Å². The maximum atomic E-state index is 13.0. The average Bonchev–Trinajstić information content (AvgIpc) is 2.72. The van der Waals surface area contributed by atoms with Crippen molar-refractivity contribution >= 4 is 11.8 Å². The van der Waals surface area contributed by atoms with Crippen LogP contribution in [0.25, 0.3) is 0 Å². The molecule has 2 unspecified atom stereocenters. The van der Waals surface area contributed by atoms with Crippen molar-refractivity contribution in [1.82, 2.24) is 9.80 Å². The van der Waals surface area contributed by atoms with E-state index in [2.05, 4.69) is 12.1 Å². The summed E-state index contributed by atoms with van der Waals surface area (Å²) in [6.07, 6.45) is 6.40. The number of carbonyl (C=O) groups is 2. The van der Waals surface area contributed by atoms with Crippen molar-refractivity contribution < 1.29 is 14.3 Å². The molecule has 1 aliphatic carbocycles. The number of likely N-dealkylation sites (tertiary alicyclic amines) is 1. The number of rotatable bonds is 2. The normalized spacial score (nSPS) is 26.1. The van der Waals surface area contributed by atoms with Gasteiger partial charge in [-0.3, -0.25) is 9.59 Å². The summed E-state index contributed by atoms with van der Waals surface area (Å²) in [7, 11) is 0. The minimum Gasteiger partial charge on any atom is -0.372 e. The molecule has 0 aromatic heterocycles. The number of amides is 2. The summed E-state index contributed by atoms with van der Waals surface area (Å²) in [5.41, 5.74) is 3.56. The van der Waals surface area contributed by atoms with Gasteiger partial charge in [0.1, 0.15) is 0 Å². The van der Waals surface area contributed by atoms with E-state index < -0.39 is 0 Å². The van der Waals surface area contributed by atoms with E-state index in [9.17, 15) is 9.59 Å². The maximum Gasteiger partial charge on any atom is 0.253 e. The van der Waals surface area contributed by atoms with Gasteiger partial charge in [-0.05, 0) is 75.6 Å². The van der Waals surface area contributed by atoms with Crippen LogP contribution in [0, 0.1) is 5.92 Å². The van der Waals surface area contributed by atoms with Gasteiger partial charge in [0.15, 0.2) is 0 Å². The van der Waals surface area contributed by atoms with Gasteiger partial charge in [0.05, 0.1) is 12.2 Å². The SMILES string of the molecule is CC1CN(C(=O)C2CCN(C(=O)c3ccc4c(c3)CCCC4)CC2)CC(C)O1. The summed E-state index contributed by atoms with van der Waals surface area (Å²) in [5, 5.41) is 0. The van der Waals surface area contributed by atoms with E-state index in [-0.39, 0.29) is 29.9 Å². The molecule has 4 rings (SSSR count). The Morgan fingerprint density at radius 1 is 0.929 bits per heavy atom. The number of benzene rings is 1. The third kappa shape index (κ3) is 4.09. The number of hydrogen-bond donors (Lipinski definition) is 0. The van der Waals surface area contributed by atoms with Crippen LogP contribution in [0.3, 0.4) is 0 Å². The average molecular weight is 385 g/mol. The van der Waals surface area contributed by atoms with E-state index in [1.54, 1.807) is 0 Å². The van der Waals surface area contributed by atoms with Crippen molar-refractivity contribution in [2.75, 3.05) is 26.2 Å². The lowest BCUT2D eigenvalue weighted by Gasteiger charge is -2.39. The quantitative estimate of drug-likeness (QED) is 0.787. The van der Waals surface area contributed by atoms with Crippen LogP contribution in [-0.4, -0.2) is 60.0 Å². The third-order valence-electron chi connectivity index (χ3n) is 6.46. The lowest BCUT2D eigenvalue weighted by Crippen LogP contribution is -2.51. The zero-order valence-electron chi connectivity index (χ0n) is 17.2. The van der Waals surface area contributed by atoms with Crippen LogP contribution in [-0.2, 0) is 22.4 Å². The molecule has 0 saturated carbocycles. The van der Waals surface area contributed by atoms with Crippen molar-refractivity contribution in [3.8, 4) is 0 Å². The number of aryl methyl sites for hydroxylation is 2. The first-order valence-corrected chi connectivity index (χ1v) is 10.9. The minimum atomic E-state index is 0.0325. The van der Waals surface area contributed by atoms with E-state index >= 15 is 0 Å². The first-order valence-electron chi connectivity index (χ1n) is 10.9.